The first-order valence-corrected chi connectivity index (χ1v) is 6.09. The smallest absolute Gasteiger partial charge is 0.147 e. The maximum Gasteiger partial charge on any atom is 0.147 e. The fourth-order valence-electron chi connectivity index (χ4n) is 1.22. The number of nitrogens with one attached hydrogen (secondary N) is 1. The van der Waals surface area contributed by atoms with Crippen molar-refractivity contribution >= 4 is 43.4 Å². The van der Waals surface area contributed by atoms with Crippen molar-refractivity contribution in [2.45, 2.75) is 0 Å². The molecule has 82 valence electrons. The summed E-state index contributed by atoms with van der Waals surface area (Å²) in [6, 6.07) is 10.2. The Labute approximate surface area is 109 Å². The lowest BCUT2D eigenvalue weighted by molar-refractivity contribution is 0.631. The lowest BCUT2D eigenvalue weighted by atomic mass is 10.3. The Hall–Kier alpha value is -0.940. The van der Waals surface area contributed by atoms with Gasteiger partial charge in [-0.1, -0.05) is 12.1 Å². The van der Waals surface area contributed by atoms with Crippen LogP contribution in [0, 0.1) is 5.82 Å². The monoisotopic (exact) mass is 344 g/mol. The maximum absolute atomic E-state index is 13.5. The lowest BCUT2D eigenvalue weighted by Gasteiger charge is -2.08. The molecule has 1 heterocycles. The molecule has 0 saturated carbocycles. The van der Waals surface area contributed by atoms with Crippen molar-refractivity contribution in [2.24, 2.45) is 0 Å². The van der Waals surface area contributed by atoms with Crippen molar-refractivity contribution in [1.29, 1.82) is 0 Å². The molecule has 2 rings (SSSR count). The molecule has 0 atom stereocenters. The second kappa shape index (κ2) is 4.93. The van der Waals surface area contributed by atoms with Gasteiger partial charge < -0.3 is 5.32 Å². The molecule has 0 amide bonds. The van der Waals surface area contributed by atoms with E-state index in [1.165, 1.54) is 6.07 Å². The van der Waals surface area contributed by atoms with E-state index in [2.05, 4.69) is 42.2 Å². The molecule has 0 bridgehead atoms. The van der Waals surface area contributed by atoms with Crippen molar-refractivity contribution in [2.75, 3.05) is 5.32 Å². The highest BCUT2D eigenvalue weighted by Crippen LogP contribution is 2.28. The van der Waals surface area contributed by atoms with Gasteiger partial charge in [0.2, 0.25) is 0 Å². The molecule has 1 N–H and O–H groups in total. The zero-order chi connectivity index (χ0) is 11.5. The van der Waals surface area contributed by atoms with Gasteiger partial charge in [0, 0.05) is 4.47 Å². The van der Waals surface area contributed by atoms with E-state index in [0.717, 1.165) is 0 Å². The van der Waals surface area contributed by atoms with Gasteiger partial charge in [-0.2, -0.15) is 0 Å². The van der Waals surface area contributed by atoms with Crippen LogP contribution in [0.4, 0.5) is 15.9 Å². The van der Waals surface area contributed by atoms with Crippen LogP contribution >= 0.6 is 31.9 Å². The minimum Gasteiger partial charge on any atom is -0.337 e. The van der Waals surface area contributed by atoms with Gasteiger partial charge in [0.05, 0.1) is 5.69 Å². The van der Waals surface area contributed by atoms with E-state index in [1.54, 1.807) is 18.2 Å². The average molecular weight is 346 g/mol. The van der Waals surface area contributed by atoms with E-state index in [0.29, 0.717) is 20.6 Å². The Kier molecular flexibility index (Phi) is 3.56. The molecule has 2 aromatic rings. The molecule has 0 unspecified atom stereocenters. The number of halogens is 3. The van der Waals surface area contributed by atoms with Crippen LogP contribution in [0.1, 0.15) is 0 Å². The van der Waals surface area contributed by atoms with Gasteiger partial charge in [-0.05, 0) is 56.1 Å². The van der Waals surface area contributed by atoms with Crippen molar-refractivity contribution in [3.05, 3.63) is 51.3 Å². The van der Waals surface area contributed by atoms with Gasteiger partial charge in [0.25, 0.3) is 0 Å². The van der Waals surface area contributed by atoms with Crippen LogP contribution in [0.15, 0.2) is 45.5 Å². The van der Waals surface area contributed by atoms with E-state index in [4.69, 9.17) is 0 Å². The number of benzene rings is 1. The highest BCUT2D eigenvalue weighted by Gasteiger charge is 2.06. The Morgan fingerprint density at radius 1 is 1.06 bits per heavy atom. The highest BCUT2D eigenvalue weighted by molar-refractivity contribution is 9.10. The molecule has 1 aromatic carbocycles. The summed E-state index contributed by atoms with van der Waals surface area (Å²) in [4.78, 5) is 4.17. The predicted molar refractivity (Wildman–Crippen MR) is 69.3 cm³/mol. The second-order valence-corrected chi connectivity index (χ2v) is 4.73. The molecule has 16 heavy (non-hydrogen) atoms. The van der Waals surface area contributed by atoms with Gasteiger partial charge >= 0.3 is 0 Å². The predicted octanol–water partition coefficient (Wildman–Crippen LogP) is 4.49. The van der Waals surface area contributed by atoms with E-state index in [9.17, 15) is 4.39 Å². The molecule has 1 aromatic heterocycles. The number of anilines is 2. The molecule has 0 radical (unpaired) electrons. The third-order valence-corrected chi connectivity index (χ3v) is 3.03. The minimum absolute atomic E-state index is 0.323. The summed E-state index contributed by atoms with van der Waals surface area (Å²) in [5.74, 6) is 0.260. The van der Waals surface area contributed by atoms with Crippen LogP contribution in [-0.4, -0.2) is 4.98 Å². The number of hydrogen-bond donors (Lipinski definition) is 1. The molecule has 0 aliphatic heterocycles. The lowest BCUT2D eigenvalue weighted by Crippen LogP contribution is -1.97. The van der Waals surface area contributed by atoms with Crippen LogP contribution in [0.2, 0.25) is 0 Å². The molecule has 5 heteroatoms. The summed E-state index contributed by atoms with van der Waals surface area (Å²) in [7, 11) is 0. The van der Waals surface area contributed by atoms with Crippen LogP contribution in [0.3, 0.4) is 0 Å². The summed E-state index contributed by atoms with van der Waals surface area (Å²) in [6.07, 6.45) is 0. The van der Waals surface area contributed by atoms with Crippen LogP contribution < -0.4 is 5.32 Å². The summed E-state index contributed by atoms with van der Waals surface area (Å²) in [5, 5.41) is 2.92. The highest BCUT2D eigenvalue weighted by atomic mass is 79.9. The molecular weight excluding hydrogens is 339 g/mol. The van der Waals surface area contributed by atoms with Gasteiger partial charge in [0.15, 0.2) is 0 Å². The summed E-state index contributed by atoms with van der Waals surface area (Å²) >= 11 is 6.54. The molecule has 0 saturated heterocycles. The van der Waals surface area contributed by atoms with Crippen molar-refractivity contribution in [3.8, 4) is 0 Å². The second-order valence-electron chi connectivity index (χ2n) is 3.07. The summed E-state index contributed by atoms with van der Waals surface area (Å²) in [5.41, 5.74) is 0.383. The Bertz CT molecular complexity index is 497. The van der Waals surface area contributed by atoms with Crippen LogP contribution in [0.25, 0.3) is 0 Å². The van der Waals surface area contributed by atoms with Crippen LogP contribution in [0.5, 0.6) is 0 Å². The Balaban J connectivity index is 2.34. The number of aromatic nitrogens is 1. The quantitative estimate of drug-likeness (QED) is 0.811. The minimum atomic E-state index is -0.323. The number of para-hydroxylation sites is 1. The molecule has 2 nitrogen and oxygen atoms in total. The van der Waals surface area contributed by atoms with Crippen molar-refractivity contribution in [1.82, 2.24) is 4.98 Å². The molecular formula is C11H7Br2FN2. The first kappa shape index (κ1) is 11.5. The third-order valence-electron chi connectivity index (χ3n) is 1.93. The first-order valence-electron chi connectivity index (χ1n) is 4.50. The van der Waals surface area contributed by atoms with E-state index >= 15 is 0 Å². The van der Waals surface area contributed by atoms with Crippen LogP contribution in [-0.2, 0) is 0 Å². The molecule has 0 aliphatic carbocycles. The normalized spacial score (nSPS) is 10.2. The zero-order valence-corrected chi connectivity index (χ0v) is 11.2. The fourth-order valence-corrected chi connectivity index (χ4v) is 2.01. The van der Waals surface area contributed by atoms with Gasteiger partial charge in [-0.25, -0.2) is 9.37 Å². The van der Waals surface area contributed by atoms with E-state index in [-0.39, 0.29) is 5.82 Å². The van der Waals surface area contributed by atoms with Crippen molar-refractivity contribution < 1.29 is 4.39 Å². The van der Waals surface area contributed by atoms with E-state index in [1.807, 2.05) is 12.1 Å². The Morgan fingerprint density at radius 2 is 1.81 bits per heavy atom. The molecule has 0 fully saturated rings. The van der Waals surface area contributed by atoms with Gasteiger partial charge in [0.1, 0.15) is 16.2 Å². The number of hydrogen-bond acceptors (Lipinski definition) is 2. The van der Waals surface area contributed by atoms with E-state index < -0.39 is 0 Å². The maximum atomic E-state index is 13.5. The zero-order valence-electron chi connectivity index (χ0n) is 8.05. The van der Waals surface area contributed by atoms with Gasteiger partial charge in [-0.15, -0.1) is 0 Å². The SMILES string of the molecule is Fc1cccc(Br)c1Nc1cccc(Br)n1. The molecule has 0 aliphatic rings. The number of nitrogens with zero attached hydrogens (tertiary/aromatic N) is 1. The Morgan fingerprint density at radius 3 is 2.50 bits per heavy atom. The standard InChI is InChI=1S/C11H7Br2FN2/c12-7-3-1-4-8(14)11(7)16-10-6-2-5-9(13)15-10/h1-6H,(H,15,16). The average Bonchev–Trinajstić information content (AvgIpc) is 2.24. The topological polar surface area (TPSA) is 24.9 Å². The third kappa shape index (κ3) is 2.59. The fraction of sp³-hybridized carbons (Fsp3) is 0. The van der Waals surface area contributed by atoms with Gasteiger partial charge in [-0.3, -0.25) is 0 Å². The summed E-state index contributed by atoms with van der Waals surface area (Å²) < 4.78 is 14.9. The first-order chi connectivity index (χ1) is 7.66. The summed E-state index contributed by atoms with van der Waals surface area (Å²) in [6.45, 7) is 0. The number of rotatable bonds is 2. The van der Waals surface area contributed by atoms with Crippen molar-refractivity contribution in [3.63, 3.8) is 0 Å². The number of pyridine rings is 1. The largest absolute Gasteiger partial charge is 0.337 e. The molecule has 0 spiro atoms.